The van der Waals surface area contributed by atoms with Gasteiger partial charge in [-0.2, -0.15) is 0 Å². The minimum Gasteiger partial charge on any atom is -0.337 e. The van der Waals surface area contributed by atoms with Gasteiger partial charge < -0.3 is 4.90 Å². The van der Waals surface area contributed by atoms with Gasteiger partial charge in [0.25, 0.3) is 5.91 Å². The average molecular weight is 385 g/mol. The van der Waals surface area contributed by atoms with Gasteiger partial charge in [0.1, 0.15) is 5.69 Å². The molecule has 0 aromatic carbocycles. The van der Waals surface area contributed by atoms with Crippen molar-refractivity contribution in [3.8, 4) is 0 Å². The number of nitrogens with zero attached hydrogens (tertiary/aromatic N) is 4. The van der Waals surface area contributed by atoms with Gasteiger partial charge in [0.2, 0.25) is 5.91 Å². The van der Waals surface area contributed by atoms with Crippen LogP contribution in [0.4, 0.5) is 5.13 Å². The van der Waals surface area contributed by atoms with E-state index in [1.54, 1.807) is 0 Å². The first kappa shape index (κ1) is 18.0. The molecule has 1 fully saturated rings. The summed E-state index contributed by atoms with van der Waals surface area (Å²) in [5.74, 6) is 0.487. The van der Waals surface area contributed by atoms with E-state index in [2.05, 4.69) is 20.3 Å². The topological polar surface area (TPSA) is 88.1 Å². The Morgan fingerprint density at radius 2 is 2.07 bits per heavy atom. The minimum absolute atomic E-state index is 0.256. The smallest absolute Gasteiger partial charge is 0.277 e. The van der Waals surface area contributed by atoms with Gasteiger partial charge in [-0.3, -0.25) is 19.9 Å². The quantitative estimate of drug-likeness (QED) is 0.874. The second-order valence-corrected chi connectivity index (χ2v) is 8.29. The summed E-state index contributed by atoms with van der Waals surface area (Å²) in [7, 11) is 0. The first-order valence-electron chi connectivity index (χ1n) is 9.53. The molecule has 0 radical (unpaired) electrons. The first-order chi connectivity index (χ1) is 13.2. The van der Waals surface area contributed by atoms with Crippen molar-refractivity contribution in [1.29, 1.82) is 0 Å². The van der Waals surface area contributed by atoms with E-state index in [9.17, 15) is 9.59 Å². The Morgan fingerprint density at radius 1 is 1.22 bits per heavy atom. The summed E-state index contributed by atoms with van der Waals surface area (Å²) in [6, 6.07) is 0. The fraction of sp³-hybridized carbons (Fsp3) is 0.526. The molecule has 4 rings (SSSR count). The number of hydrogen-bond donors (Lipinski definition) is 1. The van der Waals surface area contributed by atoms with Crippen LogP contribution in [0.3, 0.4) is 0 Å². The second kappa shape index (κ2) is 8.12. The standard InChI is InChI=1S/C19H23N5O2S/c25-17(10-13-4-2-1-3-5-13)24-9-6-14-16(12-24)27-19(22-14)23-18(26)15-11-20-7-8-21-15/h7-8,11,13H,1-6,9-10,12H2,(H,22,23,26). The zero-order valence-electron chi connectivity index (χ0n) is 15.2. The van der Waals surface area contributed by atoms with E-state index in [0.717, 1.165) is 17.0 Å². The van der Waals surface area contributed by atoms with E-state index in [1.165, 1.54) is 62.0 Å². The highest BCUT2D eigenvalue weighted by atomic mass is 32.1. The number of amides is 2. The Bertz CT molecular complexity index is 817. The lowest BCUT2D eigenvalue weighted by Crippen LogP contribution is -2.36. The van der Waals surface area contributed by atoms with Crippen LogP contribution < -0.4 is 5.32 Å². The molecule has 142 valence electrons. The van der Waals surface area contributed by atoms with Crippen molar-refractivity contribution in [2.24, 2.45) is 5.92 Å². The van der Waals surface area contributed by atoms with Gasteiger partial charge in [-0.15, -0.1) is 0 Å². The maximum Gasteiger partial charge on any atom is 0.277 e. The molecule has 0 bridgehead atoms. The number of carbonyl (C=O) groups is 2. The van der Waals surface area contributed by atoms with Gasteiger partial charge >= 0.3 is 0 Å². The van der Waals surface area contributed by atoms with Gasteiger partial charge in [0.05, 0.1) is 18.4 Å². The highest BCUT2D eigenvalue weighted by molar-refractivity contribution is 7.15. The van der Waals surface area contributed by atoms with E-state index in [-0.39, 0.29) is 17.5 Å². The van der Waals surface area contributed by atoms with Crippen molar-refractivity contribution >= 4 is 28.3 Å². The molecule has 1 aliphatic carbocycles. The summed E-state index contributed by atoms with van der Waals surface area (Å²) in [6.45, 7) is 1.30. The van der Waals surface area contributed by atoms with E-state index >= 15 is 0 Å². The van der Waals surface area contributed by atoms with Gasteiger partial charge in [-0.05, 0) is 18.8 Å². The van der Waals surface area contributed by atoms with Crippen LogP contribution >= 0.6 is 11.3 Å². The molecule has 0 saturated heterocycles. The lowest BCUT2D eigenvalue weighted by molar-refractivity contribution is -0.133. The summed E-state index contributed by atoms with van der Waals surface area (Å²) in [5.41, 5.74) is 1.24. The van der Waals surface area contributed by atoms with Crippen molar-refractivity contribution in [2.45, 2.75) is 51.5 Å². The van der Waals surface area contributed by atoms with Crippen LogP contribution in [0.5, 0.6) is 0 Å². The van der Waals surface area contributed by atoms with Crippen LogP contribution in [-0.2, 0) is 17.8 Å². The van der Waals surface area contributed by atoms with Crippen molar-refractivity contribution in [3.05, 3.63) is 34.9 Å². The number of anilines is 1. The average Bonchev–Trinajstić information content (AvgIpc) is 3.10. The molecule has 7 nitrogen and oxygen atoms in total. The molecular formula is C19H23N5O2S. The number of aromatic nitrogens is 3. The number of fused-ring (bicyclic) bond motifs is 1. The Kier molecular flexibility index (Phi) is 5.42. The van der Waals surface area contributed by atoms with Crippen molar-refractivity contribution in [2.75, 3.05) is 11.9 Å². The summed E-state index contributed by atoms with van der Waals surface area (Å²) in [5, 5.41) is 3.34. The van der Waals surface area contributed by atoms with Crippen LogP contribution in [0.2, 0.25) is 0 Å². The predicted octanol–water partition coefficient (Wildman–Crippen LogP) is 3.04. The molecule has 0 unspecified atom stereocenters. The fourth-order valence-corrected chi connectivity index (χ4v) is 4.83. The third-order valence-electron chi connectivity index (χ3n) is 5.29. The lowest BCUT2D eigenvalue weighted by atomic mass is 9.86. The van der Waals surface area contributed by atoms with Gasteiger partial charge in [0.15, 0.2) is 5.13 Å². The molecular weight excluding hydrogens is 362 g/mol. The molecule has 1 aliphatic heterocycles. The zero-order valence-corrected chi connectivity index (χ0v) is 16.0. The van der Waals surface area contributed by atoms with Gasteiger partial charge in [0, 0.05) is 36.7 Å². The molecule has 2 aromatic rings. The Morgan fingerprint density at radius 3 is 2.85 bits per heavy atom. The Labute approximate surface area is 162 Å². The maximum atomic E-state index is 12.7. The second-order valence-electron chi connectivity index (χ2n) is 7.21. The Hall–Kier alpha value is -2.35. The molecule has 1 saturated carbocycles. The molecule has 8 heteroatoms. The highest BCUT2D eigenvalue weighted by Gasteiger charge is 2.27. The van der Waals surface area contributed by atoms with Crippen LogP contribution in [0, 0.1) is 5.92 Å². The molecule has 0 spiro atoms. The van der Waals surface area contributed by atoms with Crippen molar-refractivity contribution in [1.82, 2.24) is 19.9 Å². The summed E-state index contributed by atoms with van der Waals surface area (Å²) in [4.78, 5) is 40.3. The van der Waals surface area contributed by atoms with E-state index in [0.29, 0.717) is 30.6 Å². The number of rotatable bonds is 4. The molecule has 3 heterocycles. The fourth-order valence-electron chi connectivity index (χ4n) is 3.81. The molecule has 2 amide bonds. The molecule has 1 N–H and O–H groups in total. The van der Waals surface area contributed by atoms with Gasteiger partial charge in [-0.25, -0.2) is 9.97 Å². The van der Waals surface area contributed by atoms with Crippen LogP contribution in [0.15, 0.2) is 18.6 Å². The summed E-state index contributed by atoms with van der Waals surface area (Å²) in [6.07, 6.45) is 12.0. The van der Waals surface area contributed by atoms with Crippen molar-refractivity contribution in [3.63, 3.8) is 0 Å². The third-order valence-corrected chi connectivity index (χ3v) is 6.29. The molecule has 2 aliphatic rings. The third kappa shape index (κ3) is 4.32. The maximum absolute atomic E-state index is 12.7. The van der Waals surface area contributed by atoms with Crippen LogP contribution in [-0.4, -0.2) is 38.2 Å². The zero-order chi connectivity index (χ0) is 18.6. The van der Waals surface area contributed by atoms with E-state index in [4.69, 9.17) is 0 Å². The minimum atomic E-state index is -0.320. The lowest BCUT2D eigenvalue weighted by Gasteiger charge is -2.29. The molecule has 0 atom stereocenters. The Balaban J connectivity index is 1.37. The molecule has 27 heavy (non-hydrogen) atoms. The molecule has 2 aromatic heterocycles. The van der Waals surface area contributed by atoms with E-state index in [1.807, 2.05) is 4.90 Å². The largest absolute Gasteiger partial charge is 0.337 e. The number of thiazole rings is 1. The summed E-state index contributed by atoms with van der Waals surface area (Å²) < 4.78 is 0. The predicted molar refractivity (Wildman–Crippen MR) is 102 cm³/mol. The SMILES string of the molecule is O=C(Nc1nc2c(s1)CN(C(=O)CC1CCCCC1)CC2)c1cnccn1. The first-order valence-corrected chi connectivity index (χ1v) is 10.3. The normalized spacial score (nSPS) is 17.4. The number of hydrogen-bond acceptors (Lipinski definition) is 6. The van der Waals surface area contributed by atoms with Crippen molar-refractivity contribution < 1.29 is 9.59 Å². The highest BCUT2D eigenvalue weighted by Crippen LogP contribution is 2.31. The summed E-state index contributed by atoms with van der Waals surface area (Å²) >= 11 is 1.44. The van der Waals surface area contributed by atoms with E-state index < -0.39 is 0 Å². The van der Waals surface area contributed by atoms with Gasteiger partial charge in [-0.1, -0.05) is 30.6 Å². The monoisotopic (exact) mass is 385 g/mol. The van der Waals surface area contributed by atoms with Crippen LogP contribution in [0.1, 0.15) is 59.6 Å². The number of nitrogens with one attached hydrogen (secondary N) is 1. The van der Waals surface area contributed by atoms with Crippen LogP contribution in [0.25, 0.3) is 0 Å². The number of carbonyl (C=O) groups excluding carboxylic acids is 2.